The number of hydrogen-bond donors (Lipinski definition) is 1. The number of aliphatic imine (C=N–C) groups is 1. The van der Waals surface area contributed by atoms with Gasteiger partial charge in [0.2, 0.25) is 0 Å². The smallest absolute Gasteiger partial charge is 0.352 e. The van der Waals surface area contributed by atoms with Crippen LogP contribution in [-0.2, 0) is 4.74 Å². The van der Waals surface area contributed by atoms with Crippen molar-refractivity contribution in [2.75, 3.05) is 26.3 Å². The van der Waals surface area contributed by atoms with Crippen molar-refractivity contribution in [3.8, 4) is 0 Å². The zero-order chi connectivity index (χ0) is 14.7. The van der Waals surface area contributed by atoms with E-state index in [1.54, 1.807) is 6.34 Å². The van der Waals surface area contributed by atoms with E-state index in [9.17, 15) is 4.79 Å². The SMILES string of the molecule is O=c1nc(N=CN2CCCC2)ncn1[C@@H]1CO[C@H](CO)C1. The van der Waals surface area contributed by atoms with Gasteiger partial charge in [0.15, 0.2) is 0 Å². The summed E-state index contributed by atoms with van der Waals surface area (Å²) in [5, 5.41) is 9.05. The van der Waals surface area contributed by atoms with Crippen LogP contribution in [0.3, 0.4) is 0 Å². The Morgan fingerprint density at radius 1 is 1.48 bits per heavy atom. The van der Waals surface area contributed by atoms with Crippen molar-refractivity contribution in [3.05, 3.63) is 16.8 Å². The van der Waals surface area contributed by atoms with Gasteiger partial charge in [-0.05, 0) is 19.3 Å². The highest BCUT2D eigenvalue weighted by atomic mass is 16.5. The molecule has 0 saturated carbocycles. The maximum absolute atomic E-state index is 12.0. The first kappa shape index (κ1) is 14.2. The second kappa shape index (κ2) is 6.31. The molecule has 0 unspecified atom stereocenters. The number of nitrogens with zero attached hydrogens (tertiary/aromatic N) is 5. The lowest BCUT2D eigenvalue weighted by Gasteiger charge is -2.11. The third kappa shape index (κ3) is 3.27. The van der Waals surface area contributed by atoms with E-state index in [0.29, 0.717) is 13.0 Å². The average molecular weight is 293 g/mol. The molecular formula is C13H19N5O3. The van der Waals surface area contributed by atoms with Gasteiger partial charge in [0.25, 0.3) is 5.95 Å². The minimum Gasteiger partial charge on any atom is -0.394 e. The molecule has 2 fully saturated rings. The molecule has 2 atom stereocenters. The fourth-order valence-corrected chi connectivity index (χ4v) is 2.65. The van der Waals surface area contributed by atoms with Gasteiger partial charge in [0.05, 0.1) is 31.7 Å². The monoisotopic (exact) mass is 293 g/mol. The number of aromatic nitrogens is 3. The summed E-state index contributed by atoms with van der Waals surface area (Å²) in [5.41, 5.74) is -0.384. The third-order valence-electron chi connectivity index (χ3n) is 3.85. The van der Waals surface area contributed by atoms with Crippen LogP contribution < -0.4 is 5.69 Å². The van der Waals surface area contributed by atoms with Crippen molar-refractivity contribution in [1.82, 2.24) is 19.4 Å². The minimum atomic E-state index is -0.384. The van der Waals surface area contributed by atoms with E-state index in [-0.39, 0.29) is 30.4 Å². The first-order valence-corrected chi connectivity index (χ1v) is 7.22. The molecule has 21 heavy (non-hydrogen) atoms. The normalized spacial score (nSPS) is 26.0. The summed E-state index contributed by atoms with van der Waals surface area (Å²) in [6.45, 7) is 2.33. The molecule has 0 radical (unpaired) electrons. The van der Waals surface area contributed by atoms with Gasteiger partial charge in [0, 0.05) is 13.1 Å². The van der Waals surface area contributed by atoms with Gasteiger partial charge < -0.3 is 14.7 Å². The molecule has 2 aliphatic rings. The molecule has 8 heteroatoms. The highest BCUT2D eigenvalue weighted by Gasteiger charge is 2.27. The third-order valence-corrected chi connectivity index (χ3v) is 3.85. The van der Waals surface area contributed by atoms with E-state index in [1.165, 1.54) is 23.7 Å². The van der Waals surface area contributed by atoms with E-state index >= 15 is 0 Å². The molecule has 0 spiro atoms. The molecule has 3 rings (SSSR count). The van der Waals surface area contributed by atoms with Crippen LogP contribution in [0.5, 0.6) is 0 Å². The topological polar surface area (TPSA) is 92.8 Å². The standard InChI is InChI=1S/C13H19N5O3/c19-6-11-5-10(7-21-11)18-9-15-12(16-13(18)20)14-8-17-3-1-2-4-17/h8-11,19H,1-7H2/t10-,11-/m0/s1. The highest BCUT2D eigenvalue weighted by Crippen LogP contribution is 2.22. The molecule has 2 aliphatic heterocycles. The Kier molecular flexibility index (Phi) is 4.26. The molecule has 0 amide bonds. The molecule has 1 aromatic heterocycles. The molecule has 114 valence electrons. The fourth-order valence-electron chi connectivity index (χ4n) is 2.65. The van der Waals surface area contributed by atoms with Crippen molar-refractivity contribution in [2.24, 2.45) is 4.99 Å². The van der Waals surface area contributed by atoms with Gasteiger partial charge >= 0.3 is 5.69 Å². The lowest BCUT2D eigenvalue weighted by molar-refractivity contribution is 0.0574. The summed E-state index contributed by atoms with van der Waals surface area (Å²) in [5.74, 6) is 0.181. The summed E-state index contributed by atoms with van der Waals surface area (Å²) >= 11 is 0. The van der Waals surface area contributed by atoms with Crippen molar-refractivity contribution in [2.45, 2.75) is 31.4 Å². The first-order valence-electron chi connectivity index (χ1n) is 7.22. The van der Waals surface area contributed by atoms with Crippen LogP contribution in [0.25, 0.3) is 0 Å². The van der Waals surface area contributed by atoms with Crippen molar-refractivity contribution in [1.29, 1.82) is 0 Å². The van der Waals surface area contributed by atoms with E-state index in [2.05, 4.69) is 19.9 Å². The van der Waals surface area contributed by atoms with Gasteiger partial charge in [-0.25, -0.2) is 14.8 Å². The Balaban J connectivity index is 1.69. The Labute approximate surface area is 122 Å². The Bertz CT molecular complexity index is 567. The number of aliphatic hydroxyl groups excluding tert-OH is 1. The van der Waals surface area contributed by atoms with Crippen LogP contribution in [-0.4, -0.2) is 63.3 Å². The molecule has 2 saturated heterocycles. The van der Waals surface area contributed by atoms with Crippen LogP contribution in [0.2, 0.25) is 0 Å². The number of aliphatic hydroxyl groups is 1. The van der Waals surface area contributed by atoms with Crippen LogP contribution in [0.15, 0.2) is 16.1 Å². The Morgan fingerprint density at radius 2 is 2.29 bits per heavy atom. The van der Waals surface area contributed by atoms with Crippen molar-refractivity contribution < 1.29 is 9.84 Å². The predicted octanol–water partition coefficient (Wildman–Crippen LogP) is -0.284. The maximum atomic E-state index is 12.0. The average Bonchev–Trinajstić information content (AvgIpc) is 3.16. The van der Waals surface area contributed by atoms with Gasteiger partial charge in [-0.2, -0.15) is 4.98 Å². The summed E-state index contributed by atoms with van der Waals surface area (Å²) < 4.78 is 6.82. The molecule has 1 aromatic rings. The molecule has 3 heterocycles. The summed E-state index contributed by atoms with van der Waals surface area (Å²) in [6, 6.07) is -0.119. The summed E-state index contributed by atoms with van der Waals surface area (Å²) in [7, 11) is 0. The number of likely N-dealkylation sites (tertiary alicyclic amines) is 1. The van der Waals surface area contributed by atoms with Crippen LogP contribution in [0.4, 0.5) is 5.95 Å². The largest absolute Gasteiger partial charge is 0.394 e. The van der Waals surface area contributed by atoms with E-state index < -0.39 is 0 Å². The summed E-state index contributed by atoms with van der Waals surface area (Å²) in [4.78, 5) is 26.2. The number of rotatable bonds is 4. The van der Waals surface area contributed by atoms with E-state index in [1.807, 2.05) is 0 Å². The first-order chi connectivity index (χ1) is 10.3. The van der Waals surface area contributed by atoms with Gasteiger partial charge in [0.1, 0.15) is 6.33 Å². The van der Waals surface area contributed by atoms with E-state index in [4.69, 9.17) is 9.84 Å². The molecule has 0 aromatic carbocycles. The Morgan fingerprint density at radius 3 is 2.95 bits per heavy atom. The number of hydrogen-bond acceptors (Lipinski definition) is 6. The van der Waals surface area contributed by atoms with Crippen LogP contribution in [0.1, 0.15) is 25.3 Å². The Hall–Kier alpha value is -1.80. The predicted molar refractivity (Wildman–Crippen MR) is 75.7 cm³/mol. The zero-order valence-electron chi connectivity index (χ0n) is 11.8. The van der Waals surface area contributed by atoms with Crippen LogP contribution in [0, 0.1) is 0 Å². The quantitative estimate of drug-likeness (QED) is 0.606. The summed E-state index contributed by atoms with van der Waals surface area (Å²) in [6.07, 6.45) is 5.88. The van der Waals surface area contributed by atoms with Crippen molar-refractivity contribution in [3.63, 3.8) is 0 Å². The van der Waals surface area contributed by atoms with Gasteiger partial charge in [-0.3, -0.25) is 4.57 Å². The van der Waals surface area contributed by atoms with Crippen molar-refractivity contribution >= 4 is 12.3 Å². The maximum Gasteiger partial charge on any atom is 0.352 e. The van der Waals surface area contributed by atoms with Gasteiger partial charge in [-0.1, -0.05) is 0 Å². The van der Waals surface area contributed by atoms with E-state index in [0.717, 1.165) is 13.1 Å². The highest BCUT2D eigenvalue weighted by molar-refractivity contribution is 5.58. The second-order valence-electron chi connectivity index (χ2n) is 5.36. The second-order valence-corrected chi connectivity index (χ2v) is 5.36. The molecular weight excluding hydrogens is 274 g/mol. The van der Waals surface area contributed by atoms with Gasteiger partial charge in [-0.15, -0.1) is 0 Å². The molecule has 0 aliphatic carbocycles. The lowest BCUT2D eigenvalue weighted by Crippen LogP contribution is -2.27. The molecule has 0 bridgehead atoms. The minimum absolute atomic E-state index is 0.0374. The number of ether oxygens (including phenoxy) is 1. The molecule has 8 nitrogen and oxygen atoms in total. The lowest BCUT2D eigenvalue weighted by atomic mass is 10.2. The fraction of sp³-hybridized carbons (Fsp3) is 0.692. The zero-order valence-corrected chi connectivity index (χ0v) is 11.8. The van der Waals surface area contributed by atoms with Crippen LogP contribution >= 0.6 is 0 Å². The molecule has 1 N–H and O–H groups in total.